The molecule has 0 unspecified atom stereocenters. The number of nitrogens with one attached hydrogen (secondary N) is 1. The third-order valence-corrected chi connectivity index (χ3v) is 3.73. The van der Waals surface area contributed by atoms with Crippen LogP contribution in [0.5, 0.6) is 0 Å². The van der Waals surface area contributed by atoms with Crippen molar-refractivity contribution in [2.24, 2.45) is 7.05 Å². The number of aromatic nitrogens is 4. The van der Waals surface area contributed by atoms with E-state index in [-0.39, 0.29) is 12.5 Å². The molecule has 3 heterocycles. The SMILES string of the molecule is Cn1ncc2c(N)nc(NCC(=O)N3CCCCC3)nc21. The van der Waals surface area contributed by atoms with Gasteiger partial charge in [0.15, 0.2) is 5.65 Å². The Morgan fingerprint density at radius 3 is 2.86 bits per heavy atom. The van der Waals surface area contributed by atoms with Crippen LogP contribution in [0.3, 0.4) is 0 Å². The van der Waals surface area contributed by atoms with Crippen molar-refractivity contribution in [3.8, 4) is 0 Å². The summed E-state index contributed by atoms with van der Waals surface area (Å²) < 4.78 is 1.63. The van der Waals surface area contributed by atoms with Gasteiger partial charge in [0.05, 0.1) is 18.1 Å². The Labute approximate surface area is 122 Å². The van der Waals surface area contributed by atoms with Gasteiger partial charge in [0.1, 0.15) is 5.82 Å². The molecule has 1 amide bonds. The van der Waals surface area contributed by atoms with E-state index in [1.165, 1.54) is 6.42 Å². The van der Waals surface area contributed by atoms with Gasteiger partial charge in [-0.15, -0.1) is 0 Å². The highest BCUT2D eigenvalue weighted by molar-refractivity contribution is 5.86. The Bertz CT molecular complexity index is 660. The van der Waals surface area contributed by atoms with Crippen molar-refractivity contribution in [3.05, 3.63) is 6.20 Å². The lowest BCUT2D eigenvalue weighted by molar-refractivity contribution is -0.130. The van der Waals surface area contributed by atoms with Crippen molar-refractivity contribution in [1.29, 1.82) is 0 Å². The van der Waals surface area contributed by atoms with E-state index in [0.717, 1.165) is 25.9 Å². The Morgan fingerprint density at radius 1 is 1.33 bits per heavy atom. The number of likely N-dealkylation sites (tertiary alicyclic amines) is 1. The summed E-state index contributed by atoms with van der Waals surface area (Å²) in [5.41, 5.74) is 6.53. The summed E-state index contributed by atoms with van der Waals surface area (Å²) in [6.07, 6.45) is 4.99. The first-order chi connectivity index (χ1) is 10.1. The maximum atomic E-state index is 12.1. The van der Waals surface area contributed by atoms with E-state index in [1.54, 1.807) is 17.9 Å². The summed E-state index contributed by atoms with van der Waals surface area (Å²) in [5, 5.41) is 7.77. The van der Waals surface area contributed by atoms with Gasteiger partial charge in [-0.1, -0.05) is 0 Å². The summed E-state index contributed by atoms with van der Waals surface area (Å²) in [6, 6.07) is 0. The van der Waals surface area contributed by atoms with E-state index >= 15 is 0 Å². The highest BCUT2D eigenvalue weighted by Gasteiger charge is 2.17. The lowest BCUT2D eigenvalue weighted by Gasteiger charge is -2.26. The van der Waals surface area contributed by atoms with Crippen LogP contribution in [-0.2, 0) is 11.8 Å². The molecule has 1 aliphatic rings. The largest absolute Gasteiger partial charge is 0.383 e. The average Bonchev–Trinajstić information content (AvgIpc) is 2.88. The van der Waals surface area contributed by atoms with Gasteiger partial charge in [-0.2, -0.15) is 15.1 Å². The number of anilines is 2. The molecule has 112 valence electrons. The number of hydrogen-bond donors (Lipinski definition) is 2. The molecule has 1 saturated heterocycles. The molecule has 3 N–H and O–H groups in total. The van der Waals surface area contributed by atoms with Crippen LogP contribution in [0.25, 0.3) is 11.0 Å². The van der Waals surface area contributed by atoms with Crippen molar-refractivity contribution >= 4 is 28.7 Å². The van der Waals surface area contributed by atoms with Gasteiger partial charge in [-0.05, 0) is 19.3 Å². The van der Waals surface area contributed by atoms with Crippen LogP contribution in [0.15, 0.2) is 6.20 Å². The summed E-state index contributed by atoms with van der Waals surface area (Å²) in [6.45, 7) is 1.86. The molecule has 0 radical (unpaired) electrons. The zero-order valence-corrected chi connectivity index (χ0v) is 12.0. The molecule has 0 bridgehead atoms. The van der Waals surface area contributed by atoms with Crippen molar-refractivity contribution in [2.45, 2.75) is 19.3 Å². The number of aryl methyl sites for hydroxylation is 1. The van der Waals surface area contributed by atoms with Crippen molar-refractivity contribution in [3.63, 3.8) is 0 Å². The molecule has 2 aromatic heterocycles. The second-order valence-corrected chi connectivity index (χ2v) is 5.23. The molecule has 0 aliphatic carbocycles. The predicted molar refractivity (Wildman–Crippen MR) is 79.6 cm³/mol. The van der Waals surface area contributed by atoms with Crippen molar-refractivity contribution in [1.82, 2.24) is 24.6 Å². The Balaban J connectivity index is 1.70. The second-order valence-electron chi connectivity index (χ2n) is 5.23. The number of hydrogen-bond acceptors (Lipinski definition) is 6. The summed E-state index contributed by atoms with van der Waals surface area (Å²) in [5.74, 6) is 0.789. The molecule has 0 spiro atoms. The van der Waals surface area contributed by atoms with E-state index in [9.17, 15) is 4.79 Å². The molecule has 0 atom stereocenters. The highest BCUT2D eigenvalue weighted by atomic mass is 16.2. The third-order valence-electron chi connectivity index (χ3n) is 3.73. The molecular formula is C13H19N7O. The number of nitrogen functional groups attached to an aromatic ring is 1. The van der Waals surface area contributed by atoms with E-state index in [1.807, 2.05) is 4.90 Å². The van der Waals surface area contributed by atoms with Gasteiger partial charge in [0, 0.05) is 20.1 Å². The summed E-state index contributed by atoms with van der Waals surface area (Å²) in [7, 11) is 1.79. The number of rotatable bonds is 3. The number of amides is 1. The molecule has 1 fully saturated rings. The average molecular weight is 289 g/mol. The van der Waals surface area contributed by atoms with Crippen LogP contribution in [0, 0.1) is 0 Å². The van der Waals surface area contributed by atoms with Crippen LogP contribution in [0.4, 0.5) is 11.8 Å². The first-order valence-electron chi connectivity index (χ1n) is 7.12. The Kier molecular flexibility index (Phi) is 3.59. The third kappa shape index (κ3) is 2.74. The highest BCUT2D eigenvalue weighted by Crippen LogP contribution is 2.18. The Hall–Kier alpha value is -2.38. The molecule has 0 aromatic carbocycles. The number of nitrogens with two attached hydrogens (primary N) is 1. The maximum Gasteiger partial charge on any atom is 0.241 e. The minimum absolute atomic E-state index is 0.0713. The lowest BCUT2D eigenvalue weighted by Crippen LogP contribution is -2.39. The standard InChI is InChI=1S/C13H19N7O/c1-19-12-9(7-16-19)11(14)17-13(18-12)15-8-10(21)20-5-3-2-4-6-20/h7H,2-6,8H2,1H3,(H3,14,15,17,18). The van der Waals surface area contributed by atoms with Gasteiger partial charge in [-0.3, -0.25) is 9.48 Å². The predicted octanol–water partition coefficient (Wildman–Crippen LogP) is 0.370. The van der Waals surface area contributed by atoms with Crippen LogP contribution in [-0.4, -0.2) is 50.2 Å². The van der Waals surface area contributed by atoms with Gasteiger partial charge in [0.2, 0.25) is 11.9 Å². The smallest absolute Gasteiger partial charge is 0.241 e. The number of carbonyl (C=O) groups excluding carboxylic acids is 1. The van der Waals surface area contributed by atoms with Gasteiger partial charge in [0.25, 0.3) is 0 Å². The second kappa shape index (κ2) is 5.55. The minimum atomic E-state index is 0.0713. The van der Waals surface area contributed by atoms with Crippen molar-refractivity contribution < 1.29 is 4.79 Å². The maximum absolute atomic E-state index is 12.1. The van der Waals surface area contributed by atoms with Crippen LogP contribution in [0.1, 0.15) is 19.3 Å². The minimum Gasteiger partial charge on any atom is -0.383 e. The van der Waals surface area contributed by atoms with Gasteiger partial charge in [-0.25, -0.2) is 0 Å². The fourth-order valence-corrected chi connectivity index (χ4v) is 2.53. The monoisotopic (exact) mass is 289 g/mol. The zero-order valence-electron chi connectivity index (χ0n) is 12.0. The molecule has 8 nitrogen and oxygen atoms in total. The molecule has 3 rings (SSSR count). The molecule has 0 saturated carbocycles. The number of fused-ring (bicyclic) bond motifs is 1. The van der Waals surface area contributed by atoms with Crippen LogP contribution < -0.4 is 11.1 Å². The molecule has 21 heavy (non-hydrogen) atoms. The Morgan fingerprint density at radius 2 is 2.10 bits per heavy atom. The van der Waals surface area contributed by atoms with Crippen molar-refractivity contribution in [2.75, 3.05) is 30.7 Å². The zero-order chi connectivity index (χ0) is 14.8. The van der Waals surface area contributed by atoms with E-state index in [4.69, 9.17) is 5.73 Å². The molecular weight excluding hydrogens is 270 g/mol. The van der Waals surface area contributed by atoms with E-state index < -0.39 is 0 Å². The fourth-order valence-electron chi connectivity index (χ4n) is 2.53. The van der Waals surface area contributed by atoms with Gasteiger partial charge < -0.3 is 16.0 Å². The first kappa shape index (κ1) is 13.6. The first-order valence-corrected chi connectivity index (χ1v) is 7.12. The van der Waals surface area contributed by atoms with E-state index in [2.05, 4.69) is 20.4 Å². The summed E-state index contributed by atoms with van der Waals surface area (Å²) >= 11 is 0. The topological polar surface area (TPSA) is 102 Å². The fraction of sp³-hybridized carbons (Fsp3) is 0.538. The van der Waals surface area contributed by atoms with Gasteiger partial charge >= 0.3 is 0 Å². The molecule has 8 heteroatoms. The van der Waals surface area contributed by atoms with Crippen LogP contribution in [0.2, 0.25) is 0 Å². The number of carbonyl (C=O) groups is 1. The van der Waals surface area contributed by atoms with E-state index in [0.29, 0.717) is 22.8 Å². The quantitative estimate of drug-likeness (QED) is 0.846. The lowest BCUT2D eigenvalue weighted by atomic mass is 10.1. The molecule has 2 aromatic rings. The molecule has 1 aliphatic heterocycles. The summed E-state index contributed by atoms with van der Waals surface area (Å²) in [4.78, 5) is 22.5. The normalized spacial score (nSPS) is 15.4. The number of nitrogens with zero attached hydrogens (tertiary/aromatic N) is 5. The van der Waals surface area contributed by atoms with Crippen LogP contribution >= 0.6 is 0 Å². The number of piperidine rings is 1.